The molecule has 1 aromatic heterocycles. The second-order valence-corrected chi connectivity index (χ2v) is 3.07. The number of rotatable bonds is 4. The third-order valence-corrected chi connectivity index (χ3v) is 1.98. The Bertz CT molecular complexity index is 309. The molecule has 0 atom stereocenters. The molecule has 6 nitrogen and oxygen atoms in total. The summed E-state index contributed by atoms with van der Waals surface area (Å²) in [5.41, 5.74) is 3.43. The van der Waals surface area contributed by atoms with Crippen LogP contribution in [0.5, 0.6) is 5.88 Å². The van der Waals surface area contributed by atoms with Crippen LogP contribution < -0.4 is 10.2 Å². The summed E-state index contributed by atoms with van der Waals surface area (Å²) in [7, 11) is 3.36. The molecule has 0 radical (unpaired) electrons. The van der Waals surface area contributed by atoms with Gasteiger partial charge < -0.3 is 9.47 Å². The van der Waals surface area contributed by atoms with Gasteiger partial charge in [-0.05, 0) is 0 Å². The van der Waals surface area contributed by atoms with Gasteiger partial charge in [0, 0.05) is 7.05 Å². The van der Waals surface area contributed by atoms with Crippen LogP contribution in [0.1, 0.15) is 0 Å². The van der Waals surface area contributed by atoms with Gasteiger partial charge in [-0.25, -0.2) is 4.68 Å². The quantitative estimate of drug-likeness (QED) is 0.700. The maximum absolute atomic E-state index is 5.64. The highest BCUT2D eigenvalue weighted by atomic mass is 16.6. The number of anilines is 1. The SMILES string of the molecule is CONc1cnn(C)c1OC1COC1. The molecular formula is C8H13N3O3. The Hall–Kier alpha value is -1.27. The first-order valence-electron chi connectivity index (χ1n) is 4.36. The zero-order valence-electron chi connectivity index (χ0n) is 8.19. The van der Waals surface area contributed by atoms with Gasteiger partial charge in [0.25, 0.3) is 0 Å². The molecule has 0 spiro atoms. The summed E-state index contributed by atoms with van der Waals surface area (Å²) in [5, 5.41) is 4.05. The third kappa shape index (κ3) is 1.66. The number of hydrogen-bond donors (Lipinski definition) is 1. The molecule has 0 aromatic carbocycles. The van der Waals surface area contributed by atoms with E-state index in [2.05, 4.69) is 10.6 Å². The van der Waals surface area contributed by atoms with Gasteiger partial charge >= 0.3 is 0 Å². The van der Waals surface area contributed by atoms with Crippen molar-refractivity contribution < 1.29 is 14.3 Å². The maximum Gasteiger partial charge on any atom is 0.238 e. The van der Waals surface area contributed by atoms with Crippen LogP contribution in [0.3, 0.4) is 0 Å². The van der Waals surface area contributed by atoms with Crippen LogP contribution in [0, 0.1) is 0 Å². The molecule has 2 heterocycles. The lowest BCUT2D eigenvalue weighted by Gasteiger charge is -2.26. The van der Waals surface area contributed by atoms with E-state index in [-0.39, 0.29) is 6.10 Å². The monoisotopic (exact) mass is 199 g/mol. The van der Waals surface area contributed by atoms with Crippen molar-refractivity contribution in [2.75, 3.05) is 25.8 Å². The molecule has 0 aliphatic carbocycles. The van der Waals surface area contributed by atoms with E-state index < -0.39 is 0 Å². The van der Waals surface area contributed by atoms with Crippen LogP contribution in [0.25, 0.3) is 0 Å². The van der Waals surface area contributed by atoms with Gasteiger partial charge in [-0.3, -0.25) is 10.3 Å². The lowest BCUT2D eigenvalue weighted by molar-refractivity contribution is -0.0824. The van der Waals surface area contributed by atoms with Crippen LogP contribution in [0.15, 0.2) is 6.20 Å². The van der Waals surface area contributed by atoms with E-state index in [1.807, 2.05) is 7.05 Å². The summed E-state index contributed by atoms with van der Waals surface area (Å²) in [6.45, 7) is 1.27. The molecule has 1 aromatic rings. The maximum atomic E-state index is 5.64. The number of aromatic nitrogens is 2. The smallest absolute Gasteiger partial charge is 0.238 e. The van der Waals surface area contributed by atoms with E-state index in [1.165, 1.54) is 0 Å². The minimum atomic E-state index is 0.128. The zero-order chi connectivity index (χ0) is 9.97. The first kappa shape index (κ1) is 9.29. The molecular weight excluding hydrogens is 186 g/mol. The summed E-state index contributed by atoms with van der Waals surface area (Å²) < 4.78 is 12.3. The van der Waals surface area contributed by atoms with Crippen molar-refractivity contribution in [3.63, 3.8) is 0 Å². The highest BCUT2D eigenvalue weighted by Gasteiger charge is 2.23. The van der Waals surface area contributed by atoms with E-state index >= 15 is 0 Å². The molecule has 1 saturated heterocycles. The first-order valence-corrected chi connectivity index (χ1v) is 4.36. The molecule has 78 valence electrons. The van der Waals surface area contributed by atoms with E-state index in [0.29, 0.717) is 19.1 Å². The lowest BCUT2D eigenvalue weighted by atomic mass is 10.3. The molecule has 2 rings (SSSR count). The van der Waals surface area contributed by atoms with Crippen molar-refractivity contribution in [1.29, 1.82) is 0 Å². The number of aryl methyl sites for hydroxylation is 1. The average Bonchev–Trinajstić information content (AvgIpc) is 2.42. The van der Waals surface area contributed by atoms with Gasteiger partial charge in [0.2, 0.25) is 5.88 Å². The second-order valence-electron chi connectivity index (χ2n) is 3.07. The highest BCUT2D eigenvalue weighted by molar-refractivity contribution is 5.49. The molecule has 0 unspecified atom stereocenters. The van der Waals surface area contributed by atoms with Gasteiger partial charge in [-0.2, -0.15) is 5.10 Å². The van der Waals surface area contributed by atoms with Crippen LogP contribution in [-0.4, -0.2) is 36.2 Å². The normalized spacial score (nSPS) is 16.4. The summed E-state index contributed by atoms with van der Waals surface area (Å²) in [6, 6.07) is 0. The highest BCUT2D eigenvalue weighted by Crippen LogP contribution is 2.25. The molecule has 6 heteroatoms. The molecule has 0 amide bonds. The number of hydrogen-bond acceptors (Lipinski definition) is 5. The summed E-state index contributed by atoms with van der Waals surface area (Å²) in [4.78, 5) is 4.80. The molecule has 1 aliphatic heterocycles. The van der Waals surface area contributed by atoms with Crippen molar-refractivity contribution in [3.05, 3.63) is 6.20 Å². The van der Waals surface area contributed by atoms with E-state index in [9.17, 15) is 0 Å². The van der Waals surface area contributed by atoms with Crippen molar-refractivity contribution in [2.45, 2.75) is 6.10 Å². The number of ether oxygens (including phenoxy) is 2. The lowest BCUT2D eigenvalue weighted by Crippen LogP contribution is -2.39. The summed E-state index contributed by atoms with van der Waals surface area (Å²) in [6.07, 6.45) is 1.78. The Morgan fingerprint density at radius 1 is 1.64 bits per heavy atom. The Morgan fingerprint density at radius 2 is 2.43 bits per heavy atom. The van der Waals surface area contributed by atoms with Gasteiger partial charge in [0.1, 0.15) is 11.8 Å². The Balaban J connectivity index is 2.08. The van der Waals surface area contributed by atoms with Crippen molar-refractivity contribution >= 4 is 5.69 Å². The van der Waals surface area contributed by atoms with E-state index in [1.54, 1.807) is 18.0 Å². The minimum Gasteiger partial charge on any atom is -0.468 e. The molecule has 1 aliphatic rings. The number of nitrogens with zero attached hydrogens (tertiary/aromatic N) is 2. The zero-order valence-corrected chi connectivity index (χ0v) is 8.19. The number of nitrogens with one attached hydrogen (secondary N) is 1. The largest absolute Gasteiger partial charge is 0.468 e. The Labute approximate surface area is 81.7 Å². The first-order chi connectivity index (χ1) is 6.81. The van der Waals surface area contributed by atoms with E-state index in [0.717, 1.165) is 5.69 Å². The van der Waals surface area contributed by atoms with Gasteiger partial charge in [0.05, 0.1) is 26.5 Å². The predicted octanol–water partition coefficient (Wildman–Crippen LogP) is 0.171. The van der Waals surface area contributed by atoms with Crippen LogP contribution >= 0.6 is 0 Å². The van der Waals surface area contributed by atoms with Gasteiger partial charge in [-0.15, -0.1) is 0 Å². The Morgan fingerprint density at radius 3 is 3.00 bits per heavy atom. The van der Waals surface area contributed by atoms with Crippen molar-refractivity contribution in [2.24, 2.45) is 7.05 Å². The third-order valence-electron chi connectivity index (χ3n) is 1.98. The molecule has 0 bridgehead atoms. The van der Waals surface area contributed by atoms with Gasteiger partial charge in [0.15, 0.2) is 0 Å². The topological polar surface area (TPSA) is 57.5 Å². The Kier molecular flexibility index (Phi) is 2.55. The fourth-order valence-corrected chi connectivity index (χ4v) is 1.19. The van der Waals surface area contributed by atoms with Crippen molar-refractivity contribution in [1.82, 2.24) is 9.78 Å². The fourth-order valence-electron chi connectivity index (χ4n) is 1.19. The van der Waals surface area contributed by atoms with Crippen LogP contribution in [0.4, 0.5) is 5.69 Å². The minimum absolute atomic E-state index is 0.128. The second kappa shape index (κ2) is 3.85. The van der Waals surface area contributed by atoms with Crippen LogP contribution in [-0.2, 0) is 16.6 Å². The molecule has 0 saturated carbocycles. The molecule has 14 heavy (non-hydrogen) atoms. The fraction of sp³-hybridized carbons (Fsp3) is 0.625. The predicted molar refractivity (Wildman–Crippen MR) is 49.1 cm³/mol. The van der Waals surface area contributed by atoms with Gasteiger partial charge in [-0.1, -0.05) is 0 Å². The summed E-state index contributed by atoms with van der Waals surface area (Å²) >= 11 is 0. The average molecular weight is 199 g/mol. The molecule has 1 N–H and O–H groups in total. The van der Waals surface area contributed by atoms with Crippen LogP contribution in [0.2, 0.25) is 0 Å². The standard InChI is InChI=1S/C8H13N3O3/c1-11-8(14-6-4-13-5-6)7(3-9-11)10-12-2/h3,6,10H,4-5H2,1-2H3. The van der Waals surface area contributed by atoms with Crippen molar-refractivity contribution in [3.8, 4) is 5.88 Å². The molecule has 1 fully saturated rings. The summed E-state index contributed by atoms with van der Waals surface area (Å²) in [5.74, 6) is 0.667. The van der Waals surface area contributed by atoms with E-state index in [4.69, 9.17) is 14.3 Å².